The molecule has 2 aliphatic rings. The van der Waals surface area contributed by atoms with Gasteiger partial charge in [0, 0.05) is 69.5 Å². The van der Waals surface area contributed by atoms with Crippen molar-refractivity contribution in [2.75, 3.05) is 46.3 Å². The molecule has 3 heterocycles. The van der Waals surface area contributed by atoms with Gasteiger partial charge in [0.15, 0.2) is 0 Å². The summed E-state index contributed by atoms with van der Waals surface area (Å²) in [5, 5.41) is 13.6. The average molecular weight is 378 g/mol. The zero-order chi connectivity index (χ0) is 19.4. The Balaban J connectivity index is 1.61. The number of carbonyl (C=O) groups is 1. The van der Waals surface area contributed by atoms with Gasteiger partial charge in [0.1, 0.15) is 0 Å². The number of piperazine rings is 1. The summed E-state index contributed by atoms with van der Waals surface area (Å²) in [5.41, 5.74) is 1.25. The topological polar surface area (TPSA) is 64.8 Å². The molecule has 2 aliphatic heterocycles. The highest BCUT2D eigenvalue weighted by atomic mass is 16.4. The Labute approximate surface area is 162 Å². The van der Waals surface area contributed by atoms with Crippen LogP contribution in [0.5, 0.6) is 0 Å². The monoisotopic (exact) mass is 377 g/mol. The zero-order valence-corrected chi connectivity index (χ0v) is 17.0. The summed E-state index contributed by atoms with van der Waals surface area (Å²) in [7, 11) is 2.18. The molecule has 2 fully saturated rings. The highest BCUT2D eigenvalue weighted by Gasteiger charge is 2.34. The molecular formula is C20H35N5O2. The van der Waals surface area contributed by atoms with Crippen molar-refractivity contribution in [2.24, 2.45) is 5.92 Å². The molecule has 1 aromatic heterocycles. The largest absolute Gasteiger partial charge is 0.481 e. The Kier molecular flexibility index (Phi) is 6.89. The quantitative estimate of drug-likeness (QED) is 0.781. The molecule has 152 valence electrons. The number of likely N-dealkylation sites (tertiary alicyclic amines) is 1. The summed E-state index contributed by atoms with van der Waals surface area (Å²) in [6.07, 6.45) is 6.29. The number of aliphatic carboxylic acids is 1. The second-order valence-electron chi connectivity index (χ2n) is 8.55. The highest BCUT2D eigenvalue weighted by Crippen LogP contribution is 2.28. The molecule has 1 aromatic rings. The predicted molar refractivity (Wildman–Crippen MR) is 106 cm³/mol. The molecule has 0 unspecified atom stereocenters. The SMILES string of the molecule is CC(C)n1cc(CN2CC[C@@H](N3CCN(C)CC3)[C@@H](CCC(=O)O)C2)cn1. The lowest BCUT2D eigenvalue weighted by Crippen LogP contribution is -2.56. The van der Waals surface area contributed by atoms with Crippen molar-refractivity contribution in [3.8, 4) is 0 Å². The first-order valence-electron chi connectivity index (χ1n) is 10.3. The molecule has 0 aliphatic carbocycles. The molecule has 0 bridgehead atoms. The van der Waals surface area contributed by atoms with E-state index in [2.05, 4.69) is 46.9 Å². The van der Waals surface area contributed by atoms with Crippen LogP contribution in [0.25, 0.3) is 0 Å². The van der Waals surface area contributed by atoms with E-state index in [1.165, 1.54) is 5.56 Å². The van der Waals surface area contributed by atoms with Crippen LogP contribution in [-0.2, 0) is 11.3 Å². The molecule has 0 amide bonds. The van der Waals surface area contributed by atoms with E-state index in [-0.39, 0.29) is 6.42 Å². The van der Waals surface area contributed by atoms with Gasteiger partial charge in [0.05, 0.1) is 6.20 Å². The van der Waals surface area contributed by atoms with E-state index in [9.17, 15) is 9.90 Å². The molecule has 7 heteroatoms. The lowest BCUT2D eigenvalue weighted by Gasteiger charge is -2.46. The van der Waals surface area contributed by atoms with Gasteiger partial charge < -0.3 is 10.0 Å². The molecule has 0 saturated carbocycles. The Morgan fingerprint density at radius 2 is 2.00 bits per heavy atom. The van der Waals surface area contributed by atoms with Gasteiger partial charge in [0.2, 0.25) is 0 Å². The summed E-state index contributed by atoms with van der Waals surface area (Å²) in [4.78, 5) is 18.6. The molecule has 3 rings (SSSR count). The number of nitrogens with zero attached hydrogens (tertiary/aromatic N) is 5. The first-order chi connectivity index (χ1) is 12.9. The summed E-state index contributed by atoms with van der Waals surface area (Å²) in [5.74, 6) is -0.249. The fourth-order valence-corrected chi connectivity index (χ4v) is 4.47. The summed E-state index contributed by atoms with van der Waals surface area (Å²) < 4.78 is 2.01. The van der Waals surface area contributed by atoms with E-state index in [0.717, 1.165) is 58.7 Å². The minimum Gasteiger partial charge on any atom is -0.481 e. The average Bonchev–Trinajstić information content (AvgIpc) is 3.10. The van der Waals surface area contributed by atoms with Crippen LogP contribution in [0.3, 0.4) is 0 Å². The molecule has 2 saturated heterocycles. The summed E-state index contributed by atoms with van der Waals surface area (Å²) in [6, 6.07) is 0.901. The van der Waals surface area contributed by atoms with Crippen LogP contribution in [0.4, 0.5) is 0 Å². The number of rotatable bonds is 7. The number of piperidine rings is 1. The lowest BCUT2D eigenvalue weighted by molar-refractivity contribution is -0.137. The van der Waals surface area contributed by atoms with Crippen LogP contribution in [0, 0.1) is 5.92 Å². The van der Waals surface area contributed by atoms with Crippen molar-refractivity contribution in [3.63, 3.8) is 0 Å². The third-order valence-electron chi connectivity index (χ3n) is 6.10. The molecule has 7 nitrogen and oxygen atoms in total. The van der Waals surface area contributed by atoms with E-state index in [0.29, 0.717) is 18.0 Å². The standard InChI is InChI=1S/C20H35N5O2/c1-16(2)25-14-17(12-21-25)13-23-7-6-19(18(15-23)4-5-20(26)27)24-10-8-22(3)9-11-24/h12,14,16,18-19H,4-11,13,15H2,1-3H3,(H,26,27)/t18-,19+/m0/s1. The third-order valence-corrected chi connectivity index (χ3v) is 6.10. The van der Waals surface area contributed by atoms with Crippen LogP contribution in [0.15, 0.2) is 12.4 Å². The Hall–Kier alpha value is -1.44. The lowest BCUT2D eigenvalue weighted by atomic mass is 9.86. The maximum Gasteiger partial charge on any atom is 0.303 e. The molecule has 0 radical (unpaired) electrons. The maximum absolute atomic E-state index is 11.2. The maximum atomic E-state index is 11.2. The number of carboxylic acid groups (broad SMARTS) is 1. The molecule has 27 heavy (non-hydrogen) atoms. The number of likely N-dealkylation sites (N-methyl/N-ethyl adjacent to an activating group) is 1. The van der Waals surface area contributed by atoms with Gasteiger partial charge in [-0.1, -0.05) is 0 Å². The Morgan fingerprint density at radius 1 is 1.26 bits per heavy atom. The van der Waals surface area contributed by atoms with E-state index < -0.39 is 5.97 Å². The van der Waals surface area contributed by atoms with Crippen molar-refractivity contribution in [2.45, 2.75) is 51.7 Å². The van der Waals surface area contributed by atoms with Gasteiger partial charge >= 0.3 is 5.97 Å². The Morgan fingerprint density at radius 3 is 2.63 bits per heavy atom. The van der Waals surface area contributed by atoms with Gasteiger partial charge in [-0.25, -0.2) is 0 Å². The fraction of sp³-hybridized carbons (Fsp3) is 0.800. The molecule has 0 aromatic carbocycles. The molecule has 2 atom stereocenters. The molecule has 0 spiro atoms. The number of hydrogen-bond acceptors (Lipinski definition) is 5. The van der Waals surface area contributed by atoms with E-state index >= 15 is 0 Å². The van der Waals surface area contributed by atoms with Gasteiger partial charge in [-0.2, -0.15) is 5.10 Å². The number of carboxylic acids is 1. The van der Waals surface area contributed by atoms with E-state index in [1.807, 2.05) is 10.9 Å². The van der Waals surface area contributed by atoms with E-state index in [1.54, 1.807) is 0 Å². The predicted octanol–water partition coefficient (Wildman–Crippen LogP) is 1.77. The number of aromatic nitrogens is 2. The van der Waals surface area contributed by atoms with Crippen molar-refractivity contribution in [1.29, 1.82) is 0 Å². The van der Waals surface area contributed by atoms with Gasteiger partial charge in [-0.15, -0.1) is 0 Å². The zero-order valence-electron chi connectivity index (χ0n) is 17.0. The van der Waals surface area contributed by atoms with Crippen molar-refractivity contribution in [3.05, 3.63) is 18.0 Å². The normalized spacial score (nSPS) is 25.9. The van der Waals surface area contributed by atoms with Crippen LogP contribution in [-0.4, -0.2) is 87.9 Å². The van der Waals surface area contributed by atoms with Gasteiger partial charge in [-0.05, 0) is 46.2 Å². The van der Waals surface area contributed by atoms with Crippen LogP contribution in [0.1, 0.15) is 44.7 Å². The van der Waals surface area contributed by atoms with Crippen molar-refractivity contribution < 1.29 is 9.90 Å². The minimum absolute atomic E-state index is 0.272. The number of hydrogen-bond donors (Lipinski definition) is 1. The minimum atomic E-state index is -0.678. The summed E-state index contributed by atoms with van der Waals surface area (Å²) in [6.45, 7) is 11.7. The highest BCUT2D eigenvalue weighted by molar-refractivity contribution is 5.66. The first kappa shape index (κ1) is 20.3. The van der Waals surface area contributed by atoms with Crippen LogP contribution < -0.4 is 0 Å². The third kappa shape index (κ3) is 5.53. The van der Waals surface area contributed by atoms with Crippen molar-refractivity contribution in [1.82, 2.24) is 24.5 Å². The summed E-state index contributed by atoms with van der Waals surface area (Å²) >= 11 is 0. The van der Waals surface area contributed by atoms with Gasteiger partial charge in [0.25, 0.3) is 0 Å². The van der Waals surface area contributed by atoms with Crippen LogP contribution >= 0.6 is 0 Å². The van der Waals surface area contributed by atoms with Gasteiger partial charge in [-0.3, -0.25) is 19.3 Å². The second-order valence-corrected chi connectivity index (χ2v) is 8.55. The molecule has 1 N–H and O–H groups in total. The van der Waals surface area contributed by atoms with Crippen LogP contribution in [0.2, 0.25) is 0 Å². The molecular weight excluding hydrogens is 342 g/mol. The van der Waals surface area contributed by atoms with E-state index in [4.69, 9.17) is 0 Å². The first-order valence-corrected chi connectivity index (χ1v) is 10.3. The fourth-order valence-electron chi connectivity index (χ4n) is 4.47. The van der Waals surface area contributed by atoms with Crippen molar-refractivity contribution >= 4 is 5.97 Å². The second kappa shape index (κ2) is 9.17. The smallest absolute Gasteiger partial charge is 0.303 e. The Bertz CT molecular complexity index is 609.